The Labute approximate surface area is 120 Å². The van der Waals surface area contributed by atoms with Crippen LogP contribution in [0, 0.1) is 13.8 Å². The number of imide groups is 1. The van der Waals surface area contributed by atoms with Crippen molar-refractivity contribution in [2.24, 2.45) is 0 Å². The highest BCUT2D eigenvalue weighted by Gasteiger charge is 2.23. The minimum Gasteiger partial charge on any atom is -0.341 e. The molecule has 3 amide bonds. The monoisotopic (exact) mass is 278 g/mol. The van der Waals surface area contributed by atoms with E-state index in [4.69, 9.17) is 0 Å². The van der Waals surface area contributed by atoms with Crippen molar-refractivity contribution in [3.8, 4) is 0 Å². The molecule has 0 spiro atoms. The van der Waals surface area contributed by atoms with Gasteiger partial charge in [0.05, 0.1) is 7.05 Å². The molecule has 0 heterocycles. The van der Waals surface area contributed by atoms with Crippen molar-refractivity contribution >= 4 is 11.9 Å². The molecule has 2 atom stereocenters. The largest absolute Gasteiger partial charge is 0.341 e. The number of aryl methyl sites for hydroxylation is 2. The Morgan fingerprint density at radius 3 is 2.50 bits per heavy atom. The van der Waals surface area contributed by atoms with Crippen LogP contribution in [0.5, 0.6) is 0 Å². The lowest BCUT2D eigenvalue weighted by Crippen LogP contribution is -3.12. The van der Waals surface area contributed by atoms with Crippen molar-refractivity contribution in [2.45, 2.75) is 33.4 Å². The lowest BCUT2D eigenvalue weighted by Gasteiger charge is -2.21. The predicted octanol–water partition coefficient (Wildman–Crippen LogP) is 0.162. The van der Waals surface area contributed by atoms with E-state index in [0.29, 0.717) is 0 Å². The predicted molar refractivity (Wildman–Crippen MR) is 78.6 cm³/mol. The van der Waals surface area contributed by atoms with Gasteiger partial charge in [-0.3, -0.25) is 10.1 Å². The van der Waals surface area contributed by atoms with Gasteiger partial charge in [-0.1, -0.05) is 23.8 Å². The third-order valence-electron chi connectivity index (χ3n) is 3.56. The minimum absolute atomic E-state index is 0.272. The lowest BCUT2D eigenvalue weighted by molar-refractivity contribution is -0.908. The van der Waals surface area contributed by atoms with Crippen LogP contribution in [0.4, 0.5) is 4.79 Å². The first-order valence-corrected chi connectivity index (χ1v) is 6.76. The summed E-state index contributed by atoms with van der Waals surface area (Å²) in [5, 5.41) is 4.68. The highest BCUT2D eigenvalue weighted by Crippen LogP contribution is 2.09. The molecule has 0 saturated carbocycles. The molecule has 5 heteroatoms. The Morgan fingerprint density at radius 2 is 1.95 bits per heavy atom. The summed E-state index contributed by atoms with van der Waals surface area (Å²) in [5.74, 6) is -0.272. The molecule has 0 radical (unpaired) electrons. The van der Waals surface area contributed by atoms with Crippen LogP contribution in [0.3, 0.4) is 0 Å². The van der Waals surface area contributed by atoms with Crippen LogP contribution in [0.25, 0.3) is 0 Å². The zero-order valence-corrected chi connectivity index (χ0v) is 12.8. The van der Waals surface area contributed by atoms with E-state index in [-0.39, 0.29) is 11.9 Å². The second-order valence-electron chi connectivity index (χ2n) is 5.24. The van der Waals surface area contributed by atoms with Gasteiger partial charge in [-0.15, -0.1) is 0 Å². The molecule has 1 rings (SSSR count). The second kappa shape index (κ2) is 7.05. The Bertz CT molecular complexity index is 500. The Balaban J connectivity index is 2.67. The third kappa shape index (κ3) is 4.35. The maximum absolute atomic E-state index is 11.9. The summed E-state index contributed by atoms with van der Waals surface area (Å²) in [6.45, 7) is 6.70. The number of likely N-dealkylation sites (N-methyl/N-ethyl adjacent to an activating group) is 1. The smallest absolute Gasteiger partial charge is 0.321 e. The average Bonchev–Trinajstić information content (AvgIpc) is 2.40. The molecule has 0 bridgehead atoms. The lowest BCUT2D eigenvalue weighted by atomic mass is 10.0. The average molecular weight is 278 g/mol. The van der Waals surface area contributed by atoms with E-state index in [9.17, 15) is 9.59 Å². The van der Waals surface area contributed by atoms with Crippen LogP contribution in [-0.2, 0) is 11.3 Å². The summed E-state index contributed by atoms with van der Waals surface area (Å²) in [4.78, 5) is 24.1. The summed E-state index contributed by atoms with van der Waals surface area (Å²) in [6, 6.07) is 5.54. The number of urea groups is 1. The number of hydrogen-bond acceptors (Lipinski definition) is 2. The van der Waals surface area contributed by atoms with Crippen LogP contribution < -0.4 is 15.5 Å². The fourth-order valence-electron chi connectivity index (χ4n) is 2.00. The van der Waals surface area contributed by atoms with Crippen molar-refractivity contribution < 1.29 is 14.5 Å². The van der Waals surface area contributed by atoms with Gasteiger partial charge in [-0.25, -0.2) is 4.79 Å². The van der Waals surface area contributed by atoms with Crippen molar-refractivity contribution in [1.82, 2.24) is 10.6 Å². The fourth-order valence-corrected chi connectivity index (χ4v) is 2.00. The van der Waals surface area contributed by atoms with Crippen molar-refractivity contribution in [2.75, 3.05) is 14.1 Å². The zero-order valence-electron chi connectivity index (χ0n) is 12.8. The molecule has 1 unspecified atom stereocenters. The normalized spacial score (nSPS) is 13.4. The molecule has 0 fully saturated rings. The summed E-state index contributed by atoms with van der Waals surface area (Å²) < 4.78 is 0. The van der Waals surface area contributed by atoms with Gasteiger partial charge in [0.1, 0.15) is 6.54 Å². The summed E-state index contributed by atoms with van der Waals surface area (Å²) in [7, 11) is 3.44. The van der Waals surface area contributed by atoms with E-state index >= 15 is 0 Å². The summed E-state index contributed by atoms with van der Waals surface area (Å²) in [5.41, 5.74) is 3.67. The van der Waals surface area contributed by atoms with Crippen molar-refractivity contribution in [3.05, 3.63) is 34.9 Å². The molecular weight excluding hydrogens is 254 g/mol. The number of carbonyl (C=O) groups is 2. The number of carbonyl (C=O) groups excluding carboxylic acids is 2. The quantitative estimate of drug-likeness (QED) is 0.735. The van der Waals surface area contributed by atoms with Gasteiger partial charge >= 0.3 is 6.03 Å². The number of quaternary nitrogens is 1. The van der Waals surface area contributed by atoms with E-state index in [1.165, 1.54) is 23.7 Å². The molecule has 3 N–H and O–H groups in total. The Morgan fingerprint density at radius 1 is 1.30 bits per heavy atom. The van der Waals surface area contributed by atoms with E-state index in [1.807, 2.05) is 14.0 Å². The molecular formula is C15H24N3O2+. The van der Waals surface area contributed by atoms with Crippen LogP contribution in [0.2, 0.25) is 0 Å². The van der Waals surface area contributed by atoms with Crippen LogP contribution in [0.15, 0.2) is 18.2 Å². The highest BCUT2D eigenvalue weighted by molar-refractivity contribution is 5.96. The van der Waals surface area contributed by atoms with E-state index in [1.54, 1.807) is 0 Å². The molecule has 20 heavy (non-hydrogen) atoms. The molecule has 0 aliphatic rings. The van der Waals surface area contributed by atoms with E-state index in [2.05, 4.69) is 42.7 Å². The van der Waals surface area contributed by atoms with Gasteiger partial charge in [0.25, 0.3) is 5.91 Å². The van der Waals surface area contributed by atoms with Crippen LogP contribution in [-0.4, -0.2) is 32.1 Å². The summed E-state index contributed by atoms with van der Waals surface area (Å²) >= 11 is 0. The highest BCUT2D eigenvalue weighted by atomic mass is 16.2. The number of nitrogens with one attached hydrogen (secondary N) is 3. The molecule has 0 aliphatic carbocycles. The van der Waals surface area contributed by atoms with Gasteiger partial charge in [-0.2, -0.15) is 0 Å². The van der Waals surface area contributed by atoms with Crippen molar-refractivity contribution in [3.63, 3.8) is 0 Å². The first-order chi connectivity index (χ1) is 9.35. The van der Waals surface area contributed by atoms with Crippen LogP contribution >= 0.6 is 0 Å². The summed E-state index contributed by atoms with van der Waals surface area (Å²) in [6.07, 6.45) is 0. The maximum atomic E-state index is 11.9. The fraction of sp³-hybridized carbons (Fsp3) is 0.467. The Hall–Kier alpha value is -1.88. The zero-order chi connectivity index (χ0) is 15.3. The SMILES string of the molecule is CNC(=O)NC(=O)[C@H](C)[NH+](C)Cc1ccc(C)cc1C. The maximum Gasteiger partial charge on any atom is 0.321 e. The van der Waals surface area contributed by atoms with E-state index < -0.39 is 6.03 Å². The standard InChI is InChI=1S/C15H23N3O2/c1-10-6-7-13(11(2)8-10)9-18(5)12(3)14(19)17-15(20)16-4/h6-8,12H,9H2,1-5H3,(H2,16,17,19,20)/p+1/t12-/m0/s1. The number of amides is 3. The second-order valence-corrected chi connectivity index (χ2v) is 5.24. The minimum atomic E-state index is -0.471. The molecule has 1 aromatic rings. The van der Waals surface area contributed by atoms with E-state index in [0.717, 1.165) is 11.4 Å². The first-order valence-electron chi connectivity index (χ1n) is 6.76. The topological polar surface area (TPSA) is 62.6 Å². The molecule has 0 aromatic heterocycles. The number of rotatable bonds is 4. The molecule has 1 aromatic carbocycles. The number of hydrogen-bond donors (Lipinski definition) is 3. The van der Waals surface area contributed by atoms with Crippen LogP contribution in [0.1, 0.15) is 23.6 Å². The van der Waals surface area contributed by atoms with Gasteiger partial charge < -0.3 is 10.2 Å². The van der Waals surface area contributed by atoms with Gasteiger partial charge in [0.15, 0.2) is 6.04 Å². The van der Waals surface area contributed by atoms with Gasteiger partial charge in [0, 0.05) is 12.6 Å². The first kappa shape index (κ1) is 16.2. The molecule has 5 nitrogen and oxygen atoms in total. The Kier molecular flexibility index (Phi) is 5.70. The molecule has 0 saturated heterocycles. The molecule has 0 aliphatic heterocycles. The van der Waals surface area contributed by atoms with Gasteiger partial charge in [0.2, 0.25) is 0 Å². The number of benzene rings is 1. The van der Waals surface area contributed by atoms with Crippen molar-refractivity contribution in [1.29, 1.82) is 0 Å². The third-order valence-corrected chi connectivity index (χ3v) is 3.56. The molecule has 110 valence electrons. The van der Waals surface area contributed by atoms with Gasteiger partial charge in [-0.05, 0) is 26.3 Å².